The predicted molar refractivity (Wildman–Crippen MR) is 80.7 cm³/mol. The normalized spacial score (nSPS) is 10.1. The Hall–Kier alpha value is -2.02. The maximum Gasteiger partial charge on any atom is 0.259 e. The number of nitrogens with one attached hydrogen (secondary N) is 2. The van der Waals surface area contributed by atoms with Crippen LogP contribution in [0.5, 0.6) is 0 Å². The smallest absolute Gasteiger partial charge is 0.259 e. The van der Waals surface area contributed by atoms with Crippen molar-refractivity contribution < 1.29 is 4.79 Å². The van der Waals surface area contributed by atoms with Crippen LogP contribution in [0.15, 0.2) is 35.5 Å². The number of rotatable bonds is 5. The quantitative estimate of drug-likeness (QED) is 0.878. The lowest BCUT2D eigenvalue weighted by Gasteiger charge is -2.10. The zero-order valence-electron chi connectivity index (χ0n) is 10.9. The van der Waals surface area contributed by atoms with Gasteiger partial charge in [-0.15, -0.1) is 0 Å². The van der Waals surface area contributed by atoms with Crippen molar-refractivity contribution in [2.45, 2.75) is 13.3 Å². The summed E-state index contributed by atoms with van der Waals surface area (Å²) in [6.45, 7) is 2.84. The van der Waals surface area contributed by atoms with Crippen LogP contribution < -0.4 is 10.6 Å². The largest absolute Gasteiger partial charge is 0.383 e. The number of carbonyl (C=O) groups excluding carboxylic acids is 1. The molecule has 0 fully saturated rings. The predicted octanol–water partition coefficient (Wildman–Crippen LogP) is 2.71. The van der Waals surface area contributed by atoms with Gasteiger partial charge in [0, 0.05) is 12.7 Å². The molecular weight excluding hydrogens is 322 g/mol. The molecule has 0 saturated carbocycles. The Labute approximate surface area is 125 Å². The van der Waals surface area contributed by atoms with Gasteiger partial charge in [-0.3, -0.25) is 9.78 Å². The second kappa shape index (κ2) is 6.95. The summed E-state index contributed by atoms with van der Waals surface area (Å²) in [5.41, 5.74) is 1.23. The van der Waals surface area contributed by atoms with Gasteiger partial charge >= 0.3 is 0 Å². The second-order valence-corrected chi connectivity index (χ2v) is 4.84. The Morgan fingerprint density at radius 2 is 2.15 bits per heavy atom. The minimum Gasteiger partial charge on any atom is -0.383 e. The fourth-order valence-corrected chi connectivity index (χ4v) is 1.76. The molecule has 0 aliphatic heterocycles. The number of halogens is 1. The molecule has 6 nitrogen and oxygen atoms in total. The molecule has 7 heteroatoms. The lowest BCUT2D eigenvalue weighted by Crippen LogP contribution is -2.16. The van der Waals surface area contributed by atoms with Gasteiger partial charge in [0.25, 0.3) is 5.91 Å². The highest BCUT2D eigenvalue weighted by Gasteiger charge is 2.12. The fraction of sp³-hybridized carbons (Fsp3) is 0.231. The number of hydrogen-bond acceptors (Lipinski definition) is 5. The van der Waals surface area contributed by atoms with E-state index in [0.717, 1.165) is 13.0 Å². The Bertz CT molecular complexity index is 588. The number of anilines is 2. The first-order chi connectivity index (χ1) is 9.70. The number of nitrogens with zero attached hydrogens (tertiary/aromatic N) is 3. The molecule has 2 heterocycles. The van der Waals surface area contributed by atoms with E-state index in [9.17, 15) is 4.79 Å². The van der Waals surface area contributed by atoms with E-state index in [4.69, 9.17) is 0 Å². The third-order valence-electron chi connectivity index (χ3n) is 2.49. The van der Waals surface area contributed by atoms with Crippen LogP contribution in [-0.4, -0.2) is 27.4 Å². The van der Waals surface area contributed by atoms with Crippen LogP contribution in [0.25, 0.3) is 0 Å². The summed E-state index contributed by atoms with van der Waals surface area (Å²) in [6, 6.07) is 1.67. The summed E-state index contributed by atoms with van der Waals surface area (Å²) >= 11 is 3.19. The first kappa shape index (κ1) is 14.4. The van der Waals surface area contributed by atoms with Gasteiger partial charge in [0.15, 0.2) is 5.82 Å². The van der Waals surface area contributed by atoms with Gasteiger partial charge in [-0.2, -0.15) is 0 Å². The molecule has 0 bridgehead atoms. The lowest BCUT2D eigenvalue weighted by atomic mass is 10.2. The maximum atomic E-state index is 12.2. The third kappa shape index (κ3) is 3.74. The summed E-state index contributed by atoms with van der Waals surface area (Å²) in [5, 5.41) is 5.87. The first-order valence-corrected chi connectivity index (χ1v) is 6.96. The van der Waals surface area contributed by atoms with Gasteiger partial charge in [-0.25, -0.2) is 9.97 Å². The van der Waals surface area contributed by atoms with Crippen LogP contribution in [0.1, 0.15) is 23.7 Å². The van der Waals surface area contributed by atoms with Crippen molar-refractivity contribution in [3.8, 4) is 0 Å². The van der Waals surface area contributed by atoms with Crippen LogP contribution in [0, 0.1) is 0 Å². The lowest BCUT2D eigenvalue weighted by molar-refractivity contribution is 0.102. The van der Waals surface area contributed by atoms with Crippen molar-refractivity contribution in [2.75, 3.05) is 17.2 Å². The first-order valence-electron chi connectivity index (χ1n) is 6.17. The third-order valence-corrected chi connectivity index (χ3v) is 2.90. The van der Waals surface area contributed by atoms with Crippen LogP contribution in [0.3, 0.4) is 0 Å². The van der Waals surface area contributed by atoms with Crippen LogP contribution in [0.4, 0.5) is 11.5 Å². The Morgan fingerprint density at radius 1 is 1.30 bits per heavy atom. The molecule has 0 aliphatic rings. The van der Waals surface area contributed by atoms with E-state index in [1.165, 1.54) is 12.4 Å². The molecule has 0 radical (unpaired) electrons. The molecule has 0 atom stereocenters. The van der Waals surface area contributed by atoms with Gasteiger partial charge in [-0.05, 0) is 28.4 Å². The van der Waals surface area contributed by atoms with Gasteiger partial charge < -0.3 is 10.6 Å². The molecule has 0 aliphatic carbocycles. The standard InChI is InChI=1S/C13H14BrN5O/c1-2-4-16-10-6-15-5-3-9(10)13(20)19-12-8-17-11(14)7-18-12/h3,5-8,16H,2,4H2,1H3,(H,18,19,20). The molecule has 1 amide bonds. The summed E-state index contributed by atoms with van der Waals surface area (Å²) in [6.07, 6.45) is 7.20. The van der Waals surface area contributed by atoms with Crippen molar-refractivity contribution >= 4 is 33.3 Å². The van der Waals surface area contributed by atoms with Crippen LogP contribution >= 0.6 is 15.9 Å². The molecule has 104 valence electrons. The van der Waals surface area contributed by atoms with Crippen molar-refractivity contribution in [1.29, 1.82) is 0 Å². The van der Waals surface area contributed by atoms with E-state index < -0.39 is 0 Å². The number of pyridine rings is 1. The Kier molecular flexibility index (Phi) is 5.00. The van der Waals surface area contributed by atoms with Crippen molar-refractivity contribution in [2.24, 2.45) is 0 Å². The van der Waals surface area contributed by atoms with Gasteiger partial charge in [0.1, 0.15) is 4.60 Å². The molecule has 2 N–H and O–H groups in total. The SMILES string of the molecule is CCCNc1cnccc1C(=O)Nc1cnc(Br)cn1. The van der Waals surface area contributed by atoms with E-state index in [-0.39, 0.29) is 5.91 Å². The molecule has 0 saturated heterocycles. The van der Waals surface area contributed by atoms with E-state index in [2.05, 4.69) is 48.4 Å². The van der Waals surface area contributed by atoms with Crippen molar-refractivity contribution in [3.63, 3.8) is 0 Å². The zero-order chi connectivity index (χ0) is 14.4. The van der Waals surface area contributed by atoms with E-state index in [1.807, 2.05) is 0 Å². The molecule has 20 heavy (non-hydrogen) atoms. The van der Waals surface area contributed by atoms with Gasteiger partial charge in [-0.1, -0.05) is 6.92 Å². The summed E-state index contributed by atoms with van der Waals surface area (Å²) in [4.78, 5) is 24.3. The summed E-state index contributed by atoms with van der Waals surface area (Å²) < 4.78 is 0.615. The number of aromatic nitrogens is 3. The number of amides is 1. The second-order valence-electron chi connectivity index (χ2n) is 4.03. The maximum absolute atomic E-state index is 12.2. The molecule has 2 aromatic heterocycles. The van der Waals surface area contributed by atoms with Crippen molar-refractivity contribution in [1.82, 2.24) is 15.0 Å². The molecule has 0 aromatic carbocycles. The molecule has 2 rings (SSSR count). The average Bonchev–Trinajstić information content (AvgIpc) is 2.47. The molecule has 0 unspecified atom stereocenters. The van der Waals surface area contributed by atoms with Crippen molar-refractivity contribution in [3.05, 3.63) is 41.0 Å². The zero-order valence-corrected chi connectivity index (χ0v) is 12.5. The molecule has 0 spiro atoms. The highest BCUT2D eigenvalue weighted by atomic mass is 79.9. The van der Waals surface area contributed by atoms with Gasteiger partial charge in [0.05, 0.1) is 29.8 Å². The molecule has 2 aromatic rings. The van der Waals surface area contributed by atoms with Gasteiger partial charge in [0.2, 0.25) is 0 Å². The monoisotopic (exact) mass is 335 g/mol. The van der Waals surface area contributed by atoms with Crippen LogP contribution in [0.2, 0.25) is 0 Å². The Balaban J connectivity index is 2.14. The molecular formula is C13H14BrN5O. The highest BCUT2D eigenvalue weighted by molar-refractivity contribution is 9.10. The minimum atomic E-state index is -0.248. The average molecular weight is 336 g/mol. The Morgan fingerprint density at radius 3 is 2.85 bits per heavy atom. The highest BCUT2D eigenvalue weighted by Crippen LogP contribution is 2.15. The summed E-state index contributed by atoms with van der Waals surface area (Å²) in [5.74, 6) is 0.152. The van der Waals surface area contributed by atoms with E-state index >= 15 is 0 Å². The number of carbonyl (C=O) groups is 1. The number of hydrogen-bond donors (Lipinski definition) is 2. The van der Waals surface area contributed by atoms with E-state index in [1.54, 1.807) is 18.5 Å². The minimum absolute atomic E-state index is 0.248. The van der Waals surface area contributed by atoms with Crippen LogP contribution in [-0.2, 0) is 0 Å². The fourth-order valence-electron chi connectivity index (χ4n) is 1.55. The van der Waals surface area contributed by atoms with E-state index in [0.29, 0.717) is 21.7 Å². The topological polar surface area (TPSA) is 79.8 Å². The summed E-state index contributed by atoms with van der Waals surface area (Å²) in [7, 11) is 0.